The number of nitro groups is 1. The van der Waals surface area contributed by atoms with Crippen molar-refractivity contribution < 1.29 is 4.92 Å². The highest BCUT2D eigenvalue weighted by Gasteiger charge is 2.27. The zero-order valence-corrected chi connectivity index (χ0v) is 11.1. The number of nitro benzene ring substituents is 1. The van der Waals surface area contributed by atoms with Gasteiger partial charge < -0.3 is 5.32 Å². The predicted molar refractivity (Wildman–Crippen MR) is 71.7 cm³/mol. The second-order valence-electron chi connectivity index (χ2n) is 4.94. The summed E-state index contributed by atoms with van der Waals surface area (Å²) in [4.78, 5) is 10.5. The van der Waals surface area contributed by atoms with Gasteiger partial charge in [-0.05, 0) is 37.3 Å². The van der Waals surface area contributed by atoms with Crippen LogP contribution in [0.4, 0.5) is 5.69 Å². The molecular formula is C13H17ClN2O2. The maximum atomic E-state index is 10.9. The van der Waals surface area contributed by atoms with Gasteiger partial charge in [-0.3, -0.25) is 10.1 Å². The fourth-order valence-electron chi connectivity index (χ4n) is 2.15. The van der Waals surface area contributed by atoms with Crippen molar-refractivity contribution in [3.8, 4) is 0 Å². The fourth-order valence-corrected chi connectivity index (χ4v) is 2.39. The molecule has 0 aromatic heterocycles. The number of nitrogens with zero attached hydrogens (tertiary/aromatic N) is 1. The van der Waals surface area contributed by atoms with Gasteiger partial charge >= 0.3 is 0 Å². The highest BCUT2D eigenvalue weighted by atomic mass is 35.5. The van der Waals surface area contributed by atoms with E-state index >= 15 is 0 Å². The molecule has 0 aliphatic heterocycles. The first-order valence-electron chi connectivity index (χ1n) is 6.22. The van der Waals surface area contributed by atoms with Crippen molar-refractivity contribution >= 4 is 17.3 Å². The van der Waals surface area contributed by atoms with Crippen molar-refractivity contribution in [2.75, 3.05) is 6.54 Å². The van der Waals surface area contributed by atoms with Gasteiger partial charge in [-0.25, -0.2) is 0 Å². The maximum absolute atomic E-state index is 10.9. The molecule has 1 saturated carbocycles. The van der Waals surface area contributed by atoms with Crippen molar-refractivity contribution in [1.29, 1.82) is 0 Å². The van der Waals surface area contributed by atoms with E-state index in [9.17, 15) is 10.1 Å². The average molecular weight is 269 g/mol. The highest BCUT2D eigenvalue weighted by molar-refractivity contribution is 6.31. The molecule has 0 amide bonds. The molecule has 1 aliphatic carbocycles. The normalized spacial score (nSPS) is 16.6. The Kier molecular flexibility index (Phi) is 4.19. The van der Waals surface area contributed by atoms with E-state index in [1.807, 2.05) is 0 Å². The van der Waals surface area contributed by atoms with Crippen LogP contribution in [0.25, 0.3) is 0 Å². The van der Waals surface area contributed by atoms with Gasteiger partial charge in [0, 0.05) is 12.6 Å². The molecule has 1 aliphatic rings. The molecule has 1 atom stereocenters. The highest BCUT2D eigenvalue weighted by Crippen LogP contribution is 2.36. The fraction of sp³-hybridized carbons (Fsp3) is 0.538. The monoisotopic (exact) mass is 268 g/mol. The van der Waals surface area contributed by atoms with E-state index in [2.05, 4.69) is 12.2 Å². The number of benzene rings is 1. The first kappa shape index (κ1) is 13.3. The lowest BCUT2D eigenvalue weighted by molar-refractivity contribution is -0.385. The summed E-state index contributed by atoms with van der Waals surface area (Å²) in [6.07, 6.45) is 2.63. The Labute approximate surface area is 111 Å². The average Bonchev–Trinajstić information content (AvgIpc) is 3.14. The van der Waals surface area contributed by atoms with Crippen LogP contribution in [-0.2, 0) is 6.54 Å². The first-order valence-corrected chi connectivity index (χ1v) is 6.60. The van der Waals surface area contributed by atoms with E-state index in [4.69, 9.17) is 11.6 Å². The Bertz CT molecular complexity index is 447. The second-order valence-corrected chi connectivity index (χ2v) is 5.35. The van der Waals surface area contributed by atoms with E-state index in [0.29, 0.717) is 23.0 Å². The predicted octanol–water partition coefficient (Wildman–Crippen LogP) is 3.38. The summed E-state index contributed by atoms with van der Waals surface area (Å²) in [5.74, 6) is 1.46. The molecule has 0 heterocycles. The van der Waals surface area contributed by atoms with E-state index < -0.39 is 0 Å². The van der Waals surface area contributed by atoms with Gasteiger partial charge in [-0.1, -0.05) is 24.6 Å². The summed E-state index contributed by atoms with van der Waals surface area (Å²) in [5, 5.41) is 14.6. The minimum Gasteiger partial charge on any atom is -0.312 e. The summed E-state index contributed by atoms with van der Waals surface area (Å²) in [7, 11) is 0. The van der Waals surface area contributed by atoms with Crippen molar-refractivity contribution in [3.63, 3.8) is 0 Å². The number of halogens is 1. The Hall–Kier alpha value is -1.13. The van der Waals surface area contributed by atoms with Crippen molar-refractivity contribution in [3.05, 3.63) is 38.9 Å². The number of hydrogen-bond acceptors (Lipinski definition) is 3. The quantitative estimate of drug-likeness (QED) is 0.636. The molecule has 1 N–H and O–H groups in total. The minimum absolute atomic E-state index is 0.0917. The third-order valence-electron chi connectivity index (χ3n) is 3.49. The second kappa shape index (κ2) is 5.67. The minimum atomic E-state index is -0.382. The van der Waals surface area contributed by atoms with Crippen LogP contribution in [0.3, 0.4) is 0 Å². The van der Waals surface area contributed by atoms with E-state index in [1.54, 1.807) is 12.1 Å². The Morgan fingerprint density at radius 1 is 1.56 bits per heavy atom. The van der Waals surface area contributed by atoms with Gasteiger partial charge in [0.2, 0.25) is 0 Å². The molecule has 0 saturated heterocycles. The molecule has 4 nitrogen and oxygen atoms in total. The van der Waals surface area contributed by atoms with E-state index in [-0.39, 0.29) is 10.6 Å². The molecule has 1 fully saturated rings. The molecule has 5 heteroatoms. The number of hydrogen-bond donors (Lipinski definition) is 1. The van der Waals surface area contributed by atoms with Crippen molar-refractivity contribution in [1.82, 2.24) is 5.32 Å². The van der Waals surface area contributed by atoms with Crippen molar-refractivity contribution in [2.24, 2.45) is 11.8 Å². The zero-order chi connectivity index (χ0) is 13.1. The summed E-state index contributed by atoms with van der Waals surface area (Å²) in [6.45, 7) is 3.55. The summed E-state index contributed by atoms with van der Waals surface area (Å²) in [5.41, 5.74) is 0.668. The molecule has 0 spiro atoms. The van der Waals surface area contributed by atoms with Gasteiger partial charge in [0.1, 0.15) is 0 Å². The molecule has 1 aromatic carbocycles. The Morgan fingerprint density at radius 2 is 2.28 bits per heavy atom. The van der Waals surface area contributed by atoms with Crippen LogP contribution >= 0.6 is 11.6 Å². The Morgan fingerprint density at radius 3 is 2.89 bits per heavy atom. The number of nitrogens with one attached hydrogen (secondary N) is 1. The van der Waals surface area contributed by atoms with Crippen molar-refractivity contribution in [2.45, 2.75) is 26.3 Å². The van der Waals surface area contributed by atoms with Gasteiger partial charge in [-0.2, -0.15) is 0 Å². The third-order valence-corrected chi connectivity index (χ3v) is 3.84. The van der Waals surface area contributed by atoms with Gasteiger partial charge in [0.15, 0.2) is 0 Å². The van der Waals surface area contributed by atoms with Crippen LogP contribution in [0.15, 0.2) is 18.2 Å². The topological polar surface area (TPSA) is 55.2 Å². The van der Waals surface area contributed by atoms with Gasteiger partial charge in [0.05, 0.1) is 15.5 Å². The van der Waals surface area contributed by atoms with Crippen LogP contribution in [0.5, 0.6) is 0 Å². The smallest absolute Gasteiger partial charge is 0.275 e. The molecule has 0 radical (unpaired) electrons. The summed E-state index contributed by atoms with van der Waals surface area (Å²) >= 11 is 6.02. The van der Waals surface area contributed by atoms with Gasteiger partial charge in [0.25, 0.3) is 5.69 Å². The standard InChI is InChI=1S/C13H17ClN2O2/c1-9(10-5-6-10)7-15-8-11-12(14)3-2-4-13(11)16(17)18/h2-4,9-10,15H,5-8H2,1H3. The van der Waals surface area contributed by atoms with Gasteiger partial charge in [-0.15, -0.1) is 0 Å². The van der Waals surface area contributed by atoms with Crippen LogP contribution in [0, 0.1) is 22.0 Å². The molecular weight excluding hydrogens is 252 g/mol. The van der Waals surface area contributed by atoms with E-state index in [1.165, 1.54) is 18.9 Å². The maximum Gasteiger partial charge on any atom is 0.275 e. The third kappa shape index (κ3) is 3.21. The molecule has 1 aromatic rings. The zero-order valence-electron chi connectivity index (χ0n) is 10.4. The van der Waals surface area contributed by atoms with Crippen LogP contribution in [-0.4, -0.2) is 11.5 Å². The van der Waals surface area contributed by atoms with Crippen LogP contribution < -0.4 is 5.32 Å². The molecule has 0 bridgehead atoms. The first-order chi connectivity index (χ1) is 8.59. The lowest BCUT2D eigenvalue weighted by Gasteiger charge is -2.12. The molecule has 2 rings (SSSR count). The summed E-state index contributed by atoms with van der Waals surface area (Å²) in [6, 6.07) is 4.79. The lowest BCUT2D eigenvalue weighted by Crippen LogP contribution is -2.22. The van der Waals surface area contributed by atoms with E-state index in [0.717, 1.165) is 12.5 Å². The number of rotatable bonds is 6. The van der Waals surface area contributed by atoms with Crippen LogP contribution in [0.2, 0.25) is 5.02 Å². The SMILES string of the molecule is CC(CNCc1c(Cl)cccc1[N+](=O)[O-])C1CC1. The Balaban J connectivity index is 1.97. The lowest BCUT2D eigenvalue weighted by atomic mass is 10.1. The molecule has 98 valence electrons. The largest absolute Gasteiger partial charge is 0.312 e. The molecule has 1 unspecified atom stereocenters. The molecule has 18 heavy (non-hydrogen) atoms. The summed E-state index contributed by atoms with van der Waals surface area (Å²) < 4.78 is 0. The van der Waals surface area contributed by atoms with Crippen LogP contribution in [0.1, 0.15) is 25.3 Å².